The van der Waals surface area contributed by atoms with Crippen LogP contribution < -0.4 is 5.73 Å². The van der Waals surface area contributed by atoms with Crippen LogP contribution in [0.5, 0.6) is 0 Å². The van der Waals surface area contributed by atoms with Crippen LogP contribution in [0.2, 0.25) is 0 Å². The number of carbonyl (C=O) groups is 1. The second-order valence-electron chi connectivity index (χ2n) is 7.62. The summed E-state index contributed by atoms with van der Waals surface area (Å²) in [5, 5.41) is 0. The zero-order chi connectivity index (χ0) is 20.2. The lowest BCUT2D eigenvalue weighted by Gasteiger charge is -2.15. The number of hydrogen-bond acceptors (Lipinski definition) is 5. The zero-order valence-electron chi connectivity index (χ0n) is 16.9. The maximum Gasteiger partial charge on any atom is 0.334 e. The molecule has 4 rings (SSSR count). The van der Waals surface area contributed by atoms with Crippen LogP contribution in [-0.2, 0) is 16.1 Å². The number of aliphatic imine (C=N–C) groups is 1. The van der Waals surface area contributed by atoms with E-state index >= 15 is 0 Å². The third-order valence-corrected chi connectivity index (χ3v) is 5.42. The first-order chi connectivity index (χ1) is 14.1. The molecular formula is C24H27N3O2. The molecule has 1 saturated heterocycles. The van der Waals surface area contributed by atoms with Crippen LogP contribution in [-0.4, -0.2) is 36.4 Å². The SMILES string of the molecule is CCOC(=O)C1=Cc2cc(-c3ccc(CN4CCCC4)cc3)ccc2N=C(N)C1. The summed E-state index contributed by atoms with van der Waals surface area (Å²) in [7, 11) is 0. The fourth-order valence-corrected chi connectivity index (χ4v) is 3.94. The molecule has 0 aromatic heterocycles. The number of nitrogens with zero attached hydrogens (tertiary/aromatic N) is 2. The molecular weight excluding hydrogens is 362 g/mol. The predicted molar refractivity (Wildman–Crippen MR) is 117 cm³/mol. The van der Waals surface area contributed by atoms with Gasteiger partial charge in [-0.2, -0.15) is 0 Å². The van der Waals surface area contributed by atoms with Gasteiger partial charge in [0.1, 0.15) is 5.84 Å². The number of rotatable bonds is 5. The van der Waals surface area contributed by atoms with Crippen molar-refractivity contribution in [3.05, 3.63) is 59.2 Å². The van der Waals surface area contributed by atoms with Crippen molar-refractivity contribution in [3.63, 3.8) is 0 Å². The Hall–Kier alpha value is -2.92. The first-order valence-corrected chi connectivity index (χ1v) is 10.3. The van der Waals surface area contributed by atoms with Gasteiger partial charge in [0, 0.05) is 24.1 Å². The maximum absolute atomic E-state index is 12.2. The van der Waals surface area contributed by atoms with Gasteiger partial charge in [-0.15, -0.1) is 0 Å². The first-order valence-electron chi connectivity index (χ1n) is 10.3. The van der Waals surface area contributed by atoms with Gasteiger partial charge in [0.2, 0.25) is 0 Å². The normalized spacial score (nSPS) is 16.6. The molecule has 0 spiro atoms. The van der Waals surface area contributed by atoms with Crippen molar-refractivity contribution in [1.29, 1.82) is 0 Å². The lowest BCUT2D eigenvalue weighted by molar-refractivity contribution is -0.138. The van der Waals surface area contributed by atoms with Crippen LogP contribution in [0.25, 0.3) is 17.2 Å². The molecule has 1 fully saturated rings. The Balaban J connectivity index is 1.60. The van der Waals surface area contributed by atoms with Crippen molar-refractivity contribution >= 4 is 23.6 Å². The predicted octanol–water partition coefficient (Wildman–Crippen LogP) is 4.29. The molecule has 2 aromatic rings. The van der Waals surface area contributed by atoms with Crippen LogP contribution in [0.15, 0.2) is 53.0 Å². The summed E-state index contributed by atoms with van der Waals surface area (Å²) >= 11 is 0. The maximum atomic E-state index is 12.2. The van der Waals surface area contributed by atoms with Crippen molar-refractivity contribution in [1.82, 2.24) is 4.90 Å². The third kappa shape index (κ3) is 4.57. The van der Waals surface area contributed by atoms with Crippen LogP contribution in [0.4, 0.5) is 5.69 Å². The van der Waals surface area contributed by atoms with E-state index in [2.05, 4.69) is 40.2 Å². The molecule has 0 aliphatic carbocycles. The quantitative estimate of drug-likeness (QED) is 0.775. The number of ether oxygens (including phenoxy) is 1. The molecule has 150 valence electrons. The van der Waals surface area contributed by atoms with Gasteiger partial charge in [0.15, 0.2) is 0 Å². The number of benzene rings is 2. The number of fused-ring (bicyclic) bond motifs is 1. The van der Waals surface area contributed by atoms with E-state index in [1.54, 1.807) is 6.92 Å². The average molecular weight is 389 g/mol. The molecule has 5 heteroatoms. The molecule has 2 heterocycles. The molecule has 0 amide bonds. The fraction of sp³-hybridized carbons (Fsp3) is 0.333. The van der Waals surface area contributed by atoms with Gasteiger partial charge >= 0.3 is 5.97 Å². The molecule has 2 N–H and O–H groups in total. The topological polar surface area (TPSA) is 67.9 Å². The molecule has 29 heavy (non-hydrogen) atoms. The number of nitrogens with two attached hydrogens (primary N) is 1. The lowest BCUT2D eigenvalue weighted by Crippen LogP contribution is -2.18. The minimum atomic E-state index is -0.338. The highest BCUT2D eigenvalue weighted by Crippen LogP contribution is 2.31. The van der Waals surface area contributed by atoms with Crippen LogP contribution in [0, 0.1) is 0 Å². The Morgan fingerprint density at radius 3 is 2.55 bits per heavy atom. The number of esters is 1. The molecule has 2 aliphatic heterocycles. The van der Waals surface area contributed by atoms with Crippen LogP contribution in [0.3, 0.4) is 0 Å². The molecule has 0 bridgehead atoms. The summed E-state index contributed by atoms with van der Waals surface area (Å²) in [5.74, 6) is 0.0808. The Bertz CT molecular complexity index is 955. The second-order valence-corrected chi connectivity index (χ2v) is 7.62. The van der Waals surface area contributed by atoms with E-state index in [9.17, 15) is 4.79 Å². The first kappa shape index (κ1) is 19.4. The summed E-state index contributed by atoms with van der Waals surface area (Å²) in [6.45, 7) is 5.55. The van der Waals surface area contributed by atoms with Gasteiger partial charge in [-0.3, -0.25) is 4.90 Å². The standard InChI is InChI=1S/C24H27N3O2/c1-2-29-24(28)21-14-20-13-19(9-10-22(20)26-23(25)15-21)18-7-5-17(6-8-18)16-27-11-3-4-12-27/h5-10,13-14H,2-4,11-12,15-16H2,1H3,(H2,25,26). The molecule has 0 radical (unpaired) electrons. The van der Waals surface area contributed by atoms with Crippen molar-refractivity contribution < 1.29 is 9.53 Å². The minimum Gasteiger partial charge on any atom is -0.463 e. The van der Waals surface area contributed by atoms with E-state index in [0.29, 0.717) is 24.4 Å². The highest BCUT2D eigenvalue weighted by atomic mass is 16.5. The highest BCUT2D eigenvalue weighted by Gasteiger charge is 2.17. The summed E-state index contributed by atoms with van der Waals surface area (Å²) < 4.78 is 5.16. The van der Waals surface area contributed by atoms with Gasteiger partial charge in [-0.05, 0) is 67.8 Å². The van der Waals surface area contributed by atoms with E-state index in [0.717, 1.165) is 28.9 Å². The summed E-state index contributed by atoms with van der Waals surface area (Å²) in [6, 6.07) is 14.8. The van der Waals surface area contributed by atoms with Gasteiger partial charge < -0.3 is 10.5 Å². The monoisotopic (exact) mass is 389 g/mol. The largest absolute Gasteiger partial charge is 0.463 e. The van der Waals surface area contributed by atoms with E-state index < -0.39 is 0 Å². The molecule has 0 saturated carbocycles. The molecule has 2 aromatic carbocycles. The van der Waals surface area contributed by atoms with E-state index in [4.69, 9.17) is 10.5 Å². The van der Waals surface area contributed by atoms with Crippen molar-refractivity contribution in [2.45, 2.75) is 32.7 Å². The fourth-order valence-electron chi connectivity index (χ4n) is 3.94. The number of carbonyl (C=O) groups excluding carboxylic acids is 1. The molecule has 0 atom stereocenters. The van der Waals surface area contributed by atoms with Gasteiger partial charge in [-0.25, -0.2) is 9.79 Å². The summed E-state index contributed by atoms with van der Waals surface area (Å²) in [4.78, 5) is 19.2. The molecule has 0 unspecified atom stereocenters. The average Bonchev–Trinajstić information content (AvgIpc) is 3.16. The molecule has 2 aliphatic rings. The van der Waals surface area contributed by atoms with Gasteiger partial charge in [0.25, 0.3) is 0 Å². The Kier molecular flexibility index (Phi) is 5.76. The Morgan fingerprint density at radius 2 is 1.83 bits per heavy atom. The summed E-state index contributed by atoms with van der Waals surface area (Å²) in [6.07, 6.45) is 4.76. The zero-order valence-corrected chi connectivity index (χ0v) is 16.9. The van der Waals surface area contributed by atoms with E-state index in [-0.39, 0.29) is 5.97 Å². The van der Waals surface area contributed by atoms with E-state index in [1.165, 1.54) is 31.5 Å². The number of likely N-dealkylation sites (tertiary alicyclic amines) is 1. The van der Waals surface area contributed by atoms with Crippen LogP contribution in [0.1, 0.15) is 37.3 Å². The van der Waals surface area contributed by atoms with Crippen molar-refractivity contribution in [2.75, 3.05) is 19.7 Å². The second kappa shape index (κ2) is 8.62. The highest BCUT2D eigenvalue weighted by molar-refractivity contribution is 6.03. The summed E-state index contributed by atoms with van der Waals surface area (Å²) in [5.41, 5.74) is 11.8. The molecule has 5 nitrogen and oxygen atoms in total. The van der Waals surface area contributed by atoms with E-state index in [1.807, 2.05) is 18.2 Å². The minimum absolute atomic E-state index is 0.300. The van der Waals surface area contributed by atoms with Gasteiger partial charge in [0.05, 0.1) is 12.3 Å². The lowest BCUT2D eigenvalue weighted by atomic mass is 9.99. The van der Waals surface area contributed by atoms with Gasteiger partial charge in [-0.1, -0.05) is 30.3 Å². The van der Waals surface area contributed by atoms with Crippen LogP contribution >= 0.6 is 0 Å². The smallest absolute Gasteiger partial charge is 0.334 e. The van der Waals surface area contributed by atoms with Crippen molar-refractivity contribution in [2.24, 2.45) is 10.7 Å². The number of amidine groups is 1. The van der Waals surface area contributed by atoms with Crippen molar-refractivity contribution in [3.8, 4) is 11.1 Å². The Labute approximate surface area is 171 Å². The Morgan fingerprint density at radius 1 is 1.10 bits per heavy atom. The third-order valence-electron chi connectivity index (χ3n) is 5.42. The number of hydrogen-bond donors (Lipinski definition) is 1.